The number of rotatable bonds is 5. The fraction of sp³-hybridized carbons (Fsp3) is 0.0870. The Hall–Kier alpha value is -3.55. The molecule has 4 rings (SSSR count). The molecule has 1 aliphatic rings. The highest BCUT2D eigenvalue weighted by Crippen LogP contribution is 2.31. The van der Waals surface area contributed by atoms with Gasteiger partial charge in [0.2, 0.25) is 0 Å². The largest absolute Gasteiger partial charge is 0.495 e. The number of hydrogen-bond acceptors (Lipinski definition) is 4. The van der Waals surface area contributed by atoms with Gasteiger partial charge in [-0.1, -0.05) is 41.4 Å². The van der Waals surface area contributed by atoms with E-state index in [-0.39, 0.29) is 16.3 Å². The first-order valence-electron chi connectivity index (χ1n) is 9.52. The number of aromatic nitrogens is 1. The predicted molar refractivity (Wildman–Crippen MR) is 122 cm³/mol. The van der Waals surface area contributed by atoms with E-state index in [9.17, 15) is 14.4 Å². The van der Waals surface area contributed by atoms with Crippen molar-refractivity contribution in [3.8, 4) is 5.75 Å². The molecule has 7 nitrogen and oxygen atoms in total. The van der Waals surface area contributed by atoms with Crippen LogP contribution in [0.15, 0.2) is 66.4 Å². The molecule has 1 aromatic heterocycles. The van der Waals surface area contributed by atoms with Gasteiger partial charge in [-0.2, -0.15) is 0 Å². The summed E-state index contributed by atoms with van der Waals surface area (Å²) in [6.07, 6.45) is 3.26. The van der Waals surface area contributed by atoms with Crippen LogP contribution in [0, 0.1) is 0 Å². The third kappa shape index (κ3) is 4.12. The van der Waals surface area contributed by atoms with Crippen molar-refractivity contribution in [3.63, 3.8) is 0 Å². The Morgan fingerprint density at radius 2 is 1.78 bits per heavy atom. The molecule has 0 unspecified atom stereocenters. The van der Waals surface area contributed by atoms with E-state index in [1.165, 1.54) is 31.4 Å². The van der Waals surface area contributed by atoms with E-state index >= 15 is 0 Å². The van der Waals surface area contributed by atoms with E-state index < -0.39 is 17.8 Å². The summed E-state index contributed by atoms with van der Waals surface area (Å²) in [5.41, 5.74) is 1.51. The van der Waals surface area contributed by atoms with Crippen molar-refractivity contribution in [2.24, 2.45) is 0 Å². The maximum atomic E-state index is 13.1. The summed E-state index contributed by atoms with van der Waals surface area (Å²) < 4.78 is 6.95. The molecule has 9 heteroatoms. The Bertz CT molecular complexity index is 1270. The van der Waals surface area contributed by atoms with Crippen LogP contribution in [-0.2, 0) is 16.1 Å². The van der Waals surface area contributed by atoms with Gasteiger partial charge in [-0.25, -0.2) is 9.69 Å². The molecule has 162 valence electrons. The molecular weight excluding hydrogens is 453 g/mol. The SMILES string of the molecule is COc1ccc(N2C(=O)NC(=O)/C(=C\c3cccn3Cc3ccccc3Cl)C2=O)cc1Cl. The zero-order valence-corrected chi connectivity index (χ0v) is 18.4. The minimum atomic E-state index is -0.857. The molecule has 0 spiro atoms. The van der Waals surface area contributed by atoms with Gasteiger partial charge in [-0.3, -0.25) is 14.9 Å². The van der Waals surface area contributed by atoms with Crippen molar-refractivity contribution in [1.29, 1.82) is 0 Å². The first-order chi connectivity index (χ1) is 15.4. The standard InChI is InChI=1S/C23H17Cl2N3O4/c1-32-20-9-8-16(12-19(20)25)28-22(30)17(21(29)26-23(28)31)11-15-6-4-10-27(15)13-14-5-2-3-7-18(14)24/h2-12H,13H2,1H3,(H,26,29,31)/b17-11+. The number of nitrogens with one attached hydrogen (secondary N) is 1. The Morgan fingerprint density at radius 3 is 2.50 bits per heavy atom. The maximum Gasteiger partial charge on any atom is 0.335 e. The van der Waals surface area contributed by atoms with Crippen LogP contribution in [0.25, 0.3) is 6.08 Å². The highest BCUT2D eigenvalue weighted by molar-refractivity contribution is 6.39. The molecule has 1 fully saturated rings. The molecule has 32 heavy (non-hydrogen) atoms. The number of barbiturate groups is 1. The zero-order chi connectivity index (χ0) is 22.8. The Morgan fingerprint density at radius 1 is 1.00 bits per heavy atom. The van der Waals surface area contributed by atoms with Crippen molar-refractivity contribution in [1.82, 2.24) is 9.88 Å². The van der Waals surface area contributed by atoms with Crippen LogP contribution in [0.3, 0.4) is 0 Å². The van der Waals surface area contributed by atoms with Crippen LogP contribution in [0.4, 0.5) is 10.5 Å². The lowest BCUT2D eigenvalue weighted by atomic mass is 10.1. The van der Waals surface area contributed by atoms with E-state index in [2.05, 4.69) is 5.32 Å². The van der Waals surface area contributed by atoms with Crippen LogP contribution < -0.4 is 15.0 Å². The summed E-state index contributed by atoms with van der Waals surface area (Å²) in [6.45, 7) is 0.443. The molecule has 0 radical (unpaired) electrons. The van der Waals surface area contributed by atoms with E-state index in [1.807, 2.05) is 29.0 Å². The van der Waals surface area contributed by atoms with Gasteiger partial charge in [0.15, 0.2) is 0 Å². The van der Waals surface area contributed by atoms with Crippen molar-refractivity contribution < 1.29 is 19.1 Å². The van der Waals surface area contributed by atoms with Gasteiger partial charge in [0.25, 0.3) is 11.8 Å². The number of carbonyl (C=O) groups excluding carboxylic acids is 3. The number of halogens is 2. The molecule has 1 aliphatic heterocycles. The van der Waals surface area contributed by atoms with Gasteiger partial charge >= 0.3 is 6.03 Å². The molecule has 4 amide bonds. The number of urea groups is 1. The lowest BCUT2D eigenvalue weighted by molar-refractivity contribution is -0.122. The third-order valence-corrected chi connectivity index (χ3v) is 5.61. The van der Waals surface area contributed by atoms with Crippen LogP contribution in [0.5, 0.6) is 5.75 Å². The van der Waals surface area contributed by atoms with Gasteiger partial charge in [-0.15, -0.1) is 0 Å². The zero-order valence-electron chi connectivity index (χ0n) is 16.8. The molecule has 1 saturated heterocycles. The number of ether oxygens (including phenoxy) is 1. The highest BCUT2D eigenvalue weighted by atomic mass is 35.5. The third-order valence-electron chi connectivity index (χ3n) is 4.95. The van der Waals surface area contributed by atoms with E-state index in [0.717, 1.165) is 10.5 Å². The minimum Gasteiger partial charge on any atom is -0.495 e. The van der Waals surface area contributed by atoms with Gasteiger partial charge in [0.05, 0.1) is 17.8 Å². The van der Waals surface area contributed by atoms with E-state index in [4.69, 9.17) is 27.9 Å². The second-order valence-corrected chi connectivity index (χ2v) is 7.74. The second-order valence-electron chi connectivity index (χ2n) is 6.93. The average molecular weight is 470 g/mol. The lowest BCUT2D eigenvalue weighted by Crippen LogP contribution is -2.54. The molecule has 1 N–H and O–H groups in total. The summed E-state index contributed by atoms with van der Waals surface area (Å²) in [7, 11) is 1.46. The summed E-state index contributed by atoms with van der Waals surface area (Å²) in [4.78, 5) is 38.9. The van der Waals surface area contributed by atoms with Crippen LogP contribution in [-0.4, -0.2) is 29.5 Å². The average Bonchev–Trinajstić information content (AvgIpc) is 3.19. The Labute approximate surface area is 193 Å². The van der Waals surface area contributed by atoms with Crippen LogP contribution in [0.2, 0.25) is 10.0 Å². The van der Waals surface area contributed by atoms with E-state index in [0.29, 0.717) is 23.0 Å². The summed E-state index contributed by atoms with van der Waals surface area (Å²) in [5.74, 6) is -1.14. The number of benzene rings is 2. The molecule has 0 saturated carbocycles. The van der Waals surface area contributed by atoms with Crippen LogP contribution in [0.1, 0.15) is 11.3 Å². The smallest absolute Gasteiger partial charge is 0.335 e. The maximum absolute atomic E-state index is 13.1. The van der Waals surface area contributed by atoms with E-state index in [1.54, 1.807) is 18.2 Å². The lowest BCUT2D eigenvalue weighted by Gasteiger charge is -2.26. The number of methoxy groups -OCH3 is 1. The van der Waals surface area contributed by atoms with Crippen LogP contribution >= 0.6 is 23.2 Å². The number of nitrogens with zero attached hydrogens (tertiary/aromatic N) is 2. The quantitative estimate of drug-likeness (QED) is 0.439. The minimum absolute atomic E-state index is 0.185. The van der Waals surface area contributed by atoms with Crippen molar-refractivity contribution in [3.05, 3.63) is 87.7 Å². The Balaban J connectivity index is 1.68. The topological polar surface area (TPSA) is 80.6 Å². The molecule has 2 heterocycles. The van der Waals surface area contributed by atoms with Crippen molar-refractivity contribution in [2.75, 3.05) is 12.0 Å². The summed E-state index contributed by atoms with van der Waals surface area (Å²) >= 11 is 12.4. The first kappa shape index (κ1) is 21.7. The summed E-state index contributed by atoms with van der Waals surface area (Å²) in [5, 5.41) is 3.04. The monoisotopic (exact) mass is 469 g/mol. The molecule has 3 aromatic rings. The van der Waals surface area contributed by atoms with Crippen molar-refractivity contribution in [2.45, 2.75) is 6.54 Å². The number of imide groups is 2. The number of anilines is 1. The molecular formula is C23H17Cl2N3O4. The summed E-state index contributed by atoms with van der Waals surface area (Å²) in [6, 6.07) is 14.6. The molecule has 0 bridgehead atoms. The fourth-order valence-electron chi connectivity index (χ4n) is 3.35. The number of carbonyl (C=O) groups is 3. The normalized spacial score (nSPS) is 15.3. The molecule has 0 aliphatic carbocycles. The molecule has 0 atom stereocenters. The first-order valence-corrected chi connectivity index (χ1v) is 10.3. The predicted octanol–water partition coefficient (Wildman–Crippen LogP) is 4.52. The van der Waals surface area contributed by atoms with Crippen molar-refractivity contribution >= 4 is 52.8 Å². The Kier molecular flexibility index (Phi) is 6.03. The van der Waals surface area contributed by atoms with Gasteiger partial charge < -0.3 is 9.30 Å². The molecule has 2 aromatic carbocycles. The number of amides is 4. The highest BCUT2D eigenvalue weighted by Gasteiger charge is 2.37. The van der Waals surface area contributed by atoms with Gasteiger partial charge in [0.1, 0.15) is 11.3 Å². The number of hydrogen-bond donors (Lipinski definition) is 1. The second kappa shape index (κ2) is 8.90. The van der Waals surface area contributed by atoms with Gasteiger partial charge in [0, 0.05) is 23.5 Å². The van der Waals surface area contributed by atoms with Gasteiger partial charge in [-0.05, 0) is 48.0 Å². The fourth-order valence-corrected chi connectivity index (χ4v) is 3.79.